The average Bonchev–Trinajstić information content (AvgIpc) is 3.02. The number of likely N-dealkylation sites (tertiary alicyclic amines) is 1. The summed E-state index contributed by atoms with van der Waals surface area (Å²) in [5.74, 6) is 1.62. The second-order valence-corrected chi connectivity index (χ2v) is 9.59. The standard InChI is InChI=1S/C27H32N2O3/c1-18(2)17-32-23-12-10-21(11-13-23)24-25(28-15-19(3)14-20(4)16-28)27(31)29(26(24)30)22-8-6-5-7-9-22/h5-13,18-20H,14-17H2,1-4H3. The maximum Gasteiger partial charge on any atom is 0.282 e. The molecule has 5 heteroatoms. The Hall–Kier alpha value is -3.08. The summed E-state index contributed by atoms with van der Waals surface area (Å²) < 4.78 is 5.81. The number of piperidine rings is 1. The minimum Gasteiger partial charge on any atom is -0.493 e. The lowest BCUT2D eigenvalue weighted by molar-refractivity contribution is -0.120. The number of anilines is 1. The van der Waals surface area contributed by atoms with Gasteiger partial charge in [-0.1, -0.05) is 58.0 Å². The number of imide groups is 1. The third-order valence-corrected chi connectivity index (χ3v) is 5.99. The van der Waals surface area contributed by atoms with E-state index in [2.05, 4.69) is 32.6 Å². The van der Waals surface area contributed by atoms with Gasteiger partial charge in [-0.2, -0.15) is 0 Å². The van der Waals surface area contributed by atoms with E-state index in [4.69, 9.17) is 4.74 Å². The largest absolute Gasteiger partial charge is 0.493 e. The summed E-state index contributed by atoms with van der Waals surface area (Å²) in [6.45, 7) is 10.8. The maximum atomic E-state index is 13.6. The van der Waals surface area contributed by atoms with Crippen LogP contribution >= 0.6 is 0 Å². The van der Waals surface area contributed by atoms with Crippen molar-refractivity contribution in [2.75, 3.05) is 24.6 Å². The number of carbonyl (C=O) groups excluding carboxylic acids is 2. The van der Waals surface area contributed by atoms with Crippen LogP contribution in [0.4, 0.5) is 5.69 Å². The molecule has 4 rings (SSSR count). The molecule has 0 N–H and O–H groups in total. The lowest BCUT2D eigenvalue weighted by Gasteiger charge is -2.37. The van der Waals surface area contributed by atoms with Gasteiger partial charge in [0.05, 0.1) is 17.9 Å². The summed E-state index contributed by atoms with van der Waals surface area (Å²) in [5.41, 5.74) is 2.35. The van der Waals surface area contributed by atoms with E-state index in [1.165, 1.54) is 4.90 Å². The molecule has 2 aromatic carbocycles. The van der Waals surface area contributed by atoms with Gasteiger partial charge in [-0.25, -0.2) is 4.90 Å². The topological polar surface area (TPSA) is 49.9 Å². The summed E-state index contributed by atoms with van der Waals surface area (Å²) in [5, 5.41) is 0. The predicted molar refractivity (Wildman–Crippen MR) is 127 cm³/mol. The molecule has 2 aliphatic heterocycles. The normalized spacial score (nSPS) is 21.7. The first-order valence-electron chi connectivity index (χ1n) is 11.5. The second kappa shape index (κ2) is 9.19. The van der Waals surface area contributed by atoms with Gasteiger partial charge in [0, 0.05) is 13.1 Å². The predicted octanol–water partition coefficient (Wildman–Crippen LogP) is 4.98. The molecule has 0 bridgehead atoms. The molecule has 2 heterocycles. The van der Waals surface area contributed by atoms with Crippen LogP contribution in [0, 0.1) is 17.8 Å². The second-order valence-electron chi connectivity index (χ2n) is 9.59. The zero-order valence-corrected chi connectivity index (χ0v) is 19.4. The molecule has 2 aliphatic rings. The van der Waals surface area contributed by atoms with Crippen LogP contribution in [0.15, 0.2) is 60.3 Å². The molecule has 0 radical (unpaired) electrons. The van der Waals surface area contributed by atoms with Crippen molar-refractivity contribution in [2.45, 2.75) is 34.1 Å². The number of benzene rings is 2. The Bertz CT molecular complexity index is 1000. The number of carbonyl (C=O) groups is 2. The number of para-hydroxylation sites is 1. The van der Waals surface area contributed by atoms with Gasteiger partial charge in [0.1, 0.15) is 11.4 Å². The molecule has 0 aromatic heterocycles. The zero-order valence-electron chi connectivity index (χ0n) is 19.4. The molecule has 1 fully saturated rings. The minimum atomic E-state index is -0.266. The van der Waals surface area contributed by atoms with Crippen molar-refractivity contribution < 1.29 is 14.3 Å². The summed E-state index contributed by atoms with van der Waals surface area (Å²) >= 11 is 0. The quantitative estimate of drug-likeness (QED) is 0.604. The number of rotatable bonds is 6. The number of nitrogens with zero attached hydrogens (tertiary/aromatic N) is 2. The van der Waals surface area contributed by atoms with Gasteiger partial charge in [-0.3, -0.25) is 9.59 Å². The molecule has 5 nitrogen and oxygen atoms in total. The van der Waals surface area contributed by atoms with Crippen LogP contribution in [0.2, 0.25) is 0 Å². The highest BCUT2D eigenvalue weighted by Crippen LogP contribution is 2.37. The first-order valence-corrected chi connectivity index (χ1v) is 11.5. The van der Waals surface area contributed by atoms with Crippen molar-refractivity contribution in [1.82, 2.24) is 4.90 Å². The van der Waals surface area contributed by atoms with Crippen LogP contribution in [0.25, 0.3) is 5.57 Å². The molecule has 2 atom stereocenters. The molecule has 2 unspecified atom stereocenters. The minimum absolute atomic E-state index is 0.238. The zero-order chi connectivity index (χ0) is 22.8. The fourth-order valence-corrected chi connectivity index (χ4v) is 4.71. The van der Waals surface area contributed by atoms with Crippen molar-refractivity contribution >= 4 is 23.1 Å². The van der Waals surface area contributed by atoms with Crippen molar-refractivity contribution in [3.63, 3.8) is 0 Å². The molecule has 0 spiro atoms. The van der Waals surface area contributed by atoms with E-state index >= 15 is 0 Å². The monoisotopic (exact) mass is 432 g/mol. The Morgan fingerprint density at radius 1 is 0.906 bits per heavy atom. The molecule has 1 saturated heterocycles. The molecule has 0 aliphatic carbocycles. The molecular weight excluding hydrogens is 400 g/mol. The Balaban J connectivity index is 1.74. The van der Waals surface area contributed by atoms with Gasteiger partial charge in [0.15, 0.2) is 0 Å². The van der Waals surface area contributed by atoms with E-state index < -0.39 is 0 Å². The summed E-state index contributed by atoms with van der Waals surface area (Å²) in [6, 6.07) is 16.7. The molecule has 0 saturated carbocycles. The summed E-state index contributed by atoms with van der Waals surface area (Å²) in [6.07, 6.45) is 1.13. The molecule has 32 heavy (non-hydrogen) atoms. The van der Waals surface area contributed by atoms with E-state index in [1.807, 2.05) is 42.5 Å². The maximum absolute atomic E-state index is 13.6. The van der Waals surface area contributed by atoms with E-state index in [9.17, 15) is 9.59 Å². The van der Waals surface area contributed by atoms with Crippen LogP contribution in [0.3, 0.4) is 0 Å². The van der Waals surface area contributed by atoms with E-state index in [0.717, 1.165) is 30.8 Å². The number of hydrogen-bond acceptors (Lipinski definition) is 4. The first-order chi connectivity index (χ1) is 15.3. The van der Waals surface area contributed by atoms with Gasteiger partial charge in [-0.15, -0.1) is 0 Å². The highest BCUT2D eigenvalue weighted by Gasteiger charge is 2.43. The van der Waals surface area contributed by atoms with Crippen molar-refractivity contribution in [3.8, 4) is 5.75 Å². The Kier molecular flexibility index (Phi) is 6.35. The summed E-state index contributed by atoms with van der Waals surface area (Å²) in [4.78, 5) is 30.7. The molecular formula is C27H32N2O3. The van der Waals surface area contributed by atoms with Crippen molar-refractivity contribution in [1.29, 1.82) is 0 Å². The third-order valence-electron chi connectivity index (χ3n) is 5.99. The van der Waals surface area contributed by atoms with Crippen LogP contribution in [0.5, 0.6) is 5.75 Å². The van der Waals surface area contributed by atoms with Crippen LogP contribution in [-0.2, 0) is 9.59 Å². The van der Waals surface area contributed by atoms with Crippen LogP contribution < -0.4 is 9.64 Å². The lowest BCUT2D eigenvalue weighted by Crippen LogP contribution is -2.41. The number of hydrogen-bond donors (Lipinski definition) is 0. The van der Waals surface area contributed by atoms with Crippen molar-refractivity contribution in [2.24, 2.45) is 17.8 Å². The van der Waals surface area contributed by atoms with Gasteiger partial charge < -0.3 is 9.64 Å². The van der Waals surface area contributed by atoms with E-state index in [-0.39, 0.29) is 11.8 Å². The summed E-state index contributed by atoms with van der Waals surface area (Å²) in [7, 11) is 0. The fourth-order valence-electron chi connectivity index (χ4n) is 4.71. The van der Waals surface area contributed by atoms with Gasteiger partial charge in [0.2, 0.25) is 0 Å². The van der Waals surface area contributed by atoms with Crippen molar-refractivity contribution in [3.05, 3.63) is 65.9 Å². The lowest BCUT2D eigenvalue weighted by atomic mass is 9.91. The Morgan fingerprint density at radius 2 is 1.53 bits per heavy atom. The third kappa shape index (κ3) is 4.43. The SMILES string of the molecule is CC(C)COc1ccc(C2=C(N3CC(C)CC(C)C3)C(=O)N(c3ccccc3)C2=O)cc1. The highest BCUT2D eigenvalue weighted by atomic mass is 16.5. The van der Waals surface area contributed by atoms with Gasteiger partial charge in [-0.05, 0) is 54.0 Å². The Morgan fingerprint density at radius 3 is 2.12 bits per heavy atom. The van der Waals surface area contributed by atoms with Crippen LogP contribution in [-0.4, -0.2) is 36.4 Å². The molecule has 2 aromatic rings. The first kappa shape index (κ1) is 22.1. The van der Waals surface area contributed by atoms with E-state index in [1.54, 1.807) is 12.1 Å². The van der Waals surface area contributed by atoms with Gasteiger partial charge >= 0.3 is 0 Å². The highest BCUT2D eigenvalue weighted by molar-refractivity contribution is 6.45. The Labute approximate surface area is 190 Å². The number of amides is 2. The van der Waals surface area contributed by atoms with Crippen LogP contribution in [0.1, 0.15) is 39.7 Å². The fraction of sp³-hybridized carbons (Fsp3) is 0.407. The van der Waals surface area contributed by atoms with Gasteiger partial charge in [0.25, 0.3) is 11.8 Å². The number of ether oxygens (including phenoxy) is 1. The molecule has 168 valence electrons. The smallest absolute Gasteiger partial charge is 0.282 e. The average molecular weight is 433 g/mol. The van der Waals surface area contributed by atoms with E-state index in [0.29, 0.717) is 41.3 Å². The molecule has 2 amide bonds.